The Hall–Kier alpha value is -3.63. The second kappa shape index (κ2) is 8.85. The van der Waals surface area contributed by atoms with Gasteiger partial charge in [-0.2, -0.15) is 0 Å². The first kappa shape index (κ1) is 21.6. The lowest BCUT2D eigenvalue weighted by atomic mass is 10.0. The summed E-state index contributed by atoms with van der Waals surface area (Å²) in [6.07, 6.45) is 5.84. The van der Waals surface area contributed by atoms with Gasteiger partial charge in [0.05, 0.1) is 0 Å². The van der Waals surface area contributed by atoms with Gasteiger partial charge in [-0.25, -0.2) is 9.59 Å². The van der Waals surface area contributed by atoms with Crippen LogP contribution in [0.2, 0.25) is 0 Å². The van der Waals surface area contributed by atoms with Gasteiger partial charge in [0.2, 0.25) is 0 Å². The van der Waals surface area contributed by atoms with Crippen molar-refractivity contribution in [1.29, 1.82) is 0 Å². The zero-order chi connectivity index (χ0) is 22.8. The molecule has 2 aromatic rings. The molecule has 2 heterocycles. The minimum absolute atomic E-state index is 0.0389. The normalized spacial score (nSPS) is 17.2. The Labute approximate surface area is 187 Å². The minimum Gasteiger partial charge on any atom is -0.489 e. The highest BCUT2D eigenvalue weighted by atomic mass is 32.1. The molecule has 1 atom stereocenters. The van der Waals surface area contributed by atoms with E-state index in [0.717, 1.165) is 28.2 Å². The van der Waals surface area contributed by atoms with Crippen LogP contribution >= 0.6 is 11.3 Å². The molecule has 9 nitrogen and oxygen atoms in total. The summed E-state index contributed by atoms with van der Waals surface area (Å²) >= 11 is 1.04. The summed E-state index contributed by atoms with van der Waals surface area (Å²) < 4.78 is 11.2. The zero-order valence-electron chi connectivity index (χ0n) is 17.3. The fourth-order valence-electron chi connectivity index (χ4n) is 3.39. The highest BCUT2D eigenvalue weighted by Gasteiger charge is 2.28. The van der Waals surface area contributed by atoms with Crippen LogP contribution in [0.3, 0.4) is 0 Å². The molecule has 0 spiro atoms. The van der Waals surface area contributed by atoms with Gasteiger partial charge in [0.15, 0.2) is 11.5 Å². The Bertz CT molecular complexity index is 1170. The summed E-state index contributed by atoms with van der Waals surface area (Å²) in [6.45, 7) is 1.44. The molecule has 4 rings (SSSR count). The number of aliphatic carboxylic acids is 1. The van der Waals surface area contributed by atoms with Crippen LogP contribution in [0.25, 0.3) is 10.4 Å². The number of aromatic carboxylic acids is 1. The van der Waals surface area contributed by atoms with Crippen molar-refractivity contribution in [2.24, 2.45) is 5.16 Å². The first-order chi connectivity index (χ1) is 15.3. The van der Waals surface area contributed by atoms with Gasteiger partial charge in [-0.15, -0.1) is 16.4 Å². The number of likely N-dealkylation sites (N-methyl/N-ethyl adjacent to an activating group) is 1. The van der Waals surface area contributed by atoms with Crippen LogP contribution < -0.4 is 9.47 Å². The minimum atomic E-state index is -1.18. The summed E-state index contributed by atoms with van der Waals surface area (Å²) in [4.78, 5) is 28.3. The molecule has 1 aliphatic heterocycles. The molecule has 1 aromatic carbocycles. The molecule has 2 N–H and O–H groups in total. The SMILES string of the molecule is Cc1c(-c2cccc(OCC3=CC4C(=NON4C)C=C3)c2)sc(C(=O)O)c1OCC(=O)O. The summed E-state index contributed by atoms with van der Waals surface area (Å²) in [5.74, 6) is -1.66. The summed E-state index contributed by atoms with van der Waals surface area (Å²) in [5, 5.41) is 24.0. The van der Waals surface area contributed by atoms with Gasteiger partial charge >= 0.3 is 11.9 Å². The molecule has 1 aliphatic carbocycles. The van der Waals surface area contributed by atoms with Crippen LogP contribution in [0.5, 0.6) is 11.5 Å². The number of thiophene rings is 1. The van der Waals surface area contributed by atoms with Gasteiger partial charge in [0.1, 0.15) is 29.9 Å². The molecule has 0 saturated carbocycles. The fourth-order valence-corrected chi connectivity index (χ4v) is 4.47. The van der Waals surface area contributed by atoms with E-state index in [1.165, 1.54) is 0 Å². The van der Waals surface area contributed by atoms with Crippen LogP contribution in [0.1, 0.15) is 15.2 Å². The largest absolute Gasteiger partial charge is 0.489 e. The molecular weight excluding hydrogens is 436 g/mol. The third-order valence-corrected chi connectivity index (χ3v) is 6.25. The van der Waals surface area contributed by atoms with Crippen molar-refractivity contribution < 1.29 is 34.2 Å². The van der Waals surface area contributed by atoms with Crippen LogP contribution in [-0.4, -0.2) is 59.2 Å². The Balaban J connectivity index is 1.53. The van der Waals surface area contributed by atoms with Gasteiger partial charge < -0.3 is 19.7 Å². The average Bonchev–Trinajstić information content (AvgIpc) is 3.30. The molecule has 2 aliphatic rings. The quantitative estimate of drug-likeness (QED) is 0.621. The molecule has 0 fully saturated rings. The number of hydrogen-bond donors (Lipinski definition) is 2. The molecule has 0 amide bonds. The monoisotopic (exact) mass is 456 g/mol. The number of hydroxylamine groups is 2. The van der Waals surface area contributed by atoms with E-state index in [2.05, 4.69) is 5.16 Å². The molecule has 0 bridgehead atoms. The Morgan fingerprint density at radius 3 is 2.81 bits per heavy atom. The van der Waals surface area contributed by atoms with Crippen LogP contribution in [0, 0.1) is 6.92 Å². The number of carboxylic acids is 2. The van der Waals surface area contributed by atoms with E-state index < -0.39 is 18.5 Å². The number of hydrogen-bond acceptors (Lipinski definition) is 8. The van der Waals surface area contributed by atoms with E-state index in [1.807, 2.05) is 49.5 Å². The van der Waals surface area contributed by atoms with E-state index >= 15 is 0 Å². The van der Waals surface area contributed by atoms with E-state index in [9.17, 15) is 14.7 Å². The lowest BCUT2D eigenvalue weighted by Crippen LogP contribution is -2.30. The summed E-state index contributed by atoms with van der Waals surface area (Å²) in [5.41, 5.74) is 3.13. The number of ether oxygens (including phenoxy) is 2. The lowest BCUT2D eigenvalue weighted by molar-refractivity contribution is -0.139. The van der Waals surface area contributed by atoms with E-state index in [4.69, 9.17) is 19.5 Å². The Kier molecular flexibility index (Phi) is 5.97. The van der Waals surface area contributed by atoms with Crippen molar-refractivity contribution in [3.05, 3.63) is 58.5 Å². The lowest BCUT2D eigenvalue weighted by Gasteiger charge is -2.17. The Morgan fingerprint density at radius 2 is 2.06 bits per heavy atom. The predicted molar refractivity (Wildman–Crippen MR) is 117 cm³/mol. The summed E-state index contributed by atoms with van der Waals surface area (Å²) in [6, 6.07) is 7.24. The molecule has 0 saturated heterocycles. The topological polar surface area (TPSA) is 118 Å². The van der Waals surface area contributed by atoms with Gasteiger partial charge in [0.25, 0.3) is 0 Å². The number of benzene rings is 1. The maximum absolute atomic E-state index is 11.6. The van der Waals surface area contributed by atoms with Crippen molar-refractivity contribution >= 4 is 29.0 Å². The number of carboxylic acid groups (broad SMARTS) is 2. The smallest absolute Gasteiger partial charge is 0.349 e. The first-order valence-corrected chi connectivity index (χ1v) is 10.5. The zero-order valence-corrected chi connectivity index (χ0v) is 18.1. The van der Waals surface area contributed by atoms with E-state index in [1.54, 1.807) is 12.0 Å². The molecular formula is C22H20N2O7S. The number of fused-ring (bicyclic) bond motifs is 1. The van der Waals surface area contributed by atoms with Gasteiger partial charge in [-0.1, -0.05) is 29.4 Å². The van der Waals surface area contributed by atoms with Crippen molar-refractivity contribution in [3.63, 3.8) is 0 Å². The first-order valence-electron chi connectivity index (χ1n) is 9.64. The molecule has 0 radical (unpaired) electrons. The predicted octanol–water partition coefficient (Wildman–Crippen LogP) is 3.36. The maximum atomic E-state index is 11.6. The van der Waals surface area contributed by atoms with Gasteiger partial charge in [0, 0.05) is 17.5 Å². The number of carbonyl (C=O) groups is 2. The van der Waals surface area contributed by atoms with Crippen LogP contribution in [0.15, 0.2) is 53.2 Å². The molecule has 32 heavy (non-hydrogen) atoms. The second-order valence-electron chi connectivity index (χ2n) is 7.18. The molecule has 10 heteroatoms. The molecule has 1 unspecified atom stereocenters. The highest BCUT2D eigenvalue weighted by molar-refractivity contribution is 7.18. The van der Waals surface area contributed by atoms with Crippen molar-refractivity contribution in [2.45, 2.75) is 13.0 Å². The van der Waals surface area contributed by atoms with Gasteiger partial charge in [-0.05, 0) is 36.3 Å². The van der Waals surface area contributed by atoms with Crippen LogP contribution in [0.4, 0.5) is 0 Å². The fraction of sp³-hybridized carbons (Fsp3) is 0.227. The number of oxime groups is 1. The third-order valence-electron chi connectivity index (χ3n) is 4.94. The number of nitrogens with zero attached hydrogens (tertiary/aromatic N) is 2. The van der Waals surface area contributed by atoms with E-state index in [0.29, 0.717) is 22.8 Å². The van der Waals surface area contributed by atoms with Crippen molar-refractivity contribution in [2.75, 3.05) is 20.3 Å². The Morgan fingerprint density at radius 1 is 1.25 bits per heavy atom. The summed E-state index contributed by atoms with van der Waals surface area (Å²) in [7, 11) is 1.81. The molecule has 166 valence electrons. The van der Waals surface area contributed by atoms with Crippen molar-refractivity contribution in [1.82, 2.24) is 5.06 Å². The third kappa shape index (κ3) is 4.36. The van der Waals surface area contributed by atoms with E-state index in [-0.39, 0.29) is 16.7 Å². The van der Waals surface area contributed by atoms with Gasteiger partial charge in [-0.3, -0.25) is 4.94 Å². The number of rotatable bonds is 8. The maximum Gasteiger partial charge on any atom is 0.349 e. The molecule has 1 aromatic heterocycles. The average molecular weight is 456 g/mol. The standard InChI is InChI=1S/C22H20N2O7S/c1-12-19(30-11-18(25)26)21(22(27)28)32-20(12)14-4-3-5-15(9-14)29-10-13-6-7-16-17(8-13)24(2)31-23-16/h3-9,17H,10-11H2,1-2H3,(H,25,26)(H,27,28). The highest BCUT2D eigenvalue weighted by Crippen LogP contribution is 2.42. The second-order valence-corrected chi connectivity index (χ2v) is 8.20. The van der Waals surface area contributed by atoms with Crippen LogP contribution in [-0.2, 0) is 9.73 Å². The van der Waals surface area contributed by atoms with Crippen molar-refractivity contribution in [3.8, 4) is 21.9 Å².